The maximum Gasteiger partial charge on any atom is 0.191 e. The standard InChI is InChI=1S/C22H32N4O.HI/c1-6-23-22(25-17(2)18-12-8-7-9-13-18)24-16-20(26(3)4)19-14-10-11-15-21(19)27-5;/h7-15,17,20H,6,16H2,1-5H3,(H2,23,24,25);1H. The smallest absolute Gasteiger partial charge is 0.191 e. The fraction of sp³-hybridized carbons (Fsp3) is 0.409. The van der Waals surface area contributed by atoms with Gasteiger partial charge in [-0.05, 0) is 39.6 Å². The van der Waals surface area contributed by atoms with Crippen molar-refractivity contribution in [2.75, 3.05) is 34.3 Å². The Kier molecular flexibility index (Phi) is 10.9. The first kappa shape index (κ1) is 24.2. The quantitative estimate of drug-likeness (QED) is 0.326. The molecule has 0 aliphatic rings. The third kappa shape index (κ3) is 6.98. The van der Waals surface area contributed by atoms with Crippen LogP contribution < -0.4 is 15.4 Å². The van der Waals surface area contributed by atoms with Crippen molar-refractivity contribution in [2.24, 2.45) is 4.99 Å². The second-order valence-electron chi connectivity index (χ2n) is 6.72. The average Bonchev–Trinajstić information content (AvgIpc) is 2.69. The van der Waals surface area contributed by atoms with Crippen LogP contribution in [0.5, 0.6) is 5.75 Å². The molecule has 28 heavy (non-hydrogen) atoms. The zero-order valence-corrected chi connectivity index (χ0v) is 19.8. The minimum atomic E-state index is 0. The van der Waals surface area contributed by atoms with Gasteiger partial charge in [0, 0.05) is 12.1 Å². The van der Waals surface area contributed by atoms with Crippen LogP contribution in [0.25, 0.3) is 0 Å². The molecule has 0 aliphatic carbocycles. The highest BCUT2D eigenvalue weighted by atomic mass is 127. The zero-order chi connectivity index (χ0) is 19.6. The van der Waals surface area contributed by atoms with Crippen molar-refractivity contribution < 1.29 is 4.74 Å². The largest absolute Gasteiger partial charge is 0.496 e. The number of nitrogens with zero attached hydrogens (tertiary/aromatic N) is 2. The molecule has 154 valence electrons. The van der Waals surface area contributed by atoms with Gasteiger partial charge in [-0.25, -0.2) is 0 Å². The Hall–Kier alpha value is -1.80. The number of benzene rings is 2. The minimum Gasteiger partial charge on any atom is -0.496 e. The van der Waals surface area contributed by atoms with Gasteiger partial charge in [-0.2, -0.15) is 0 Å². The Balaban J connectivity index is 0.00000392. The summed E-state index contributed by atoms with van der Waals surface area (Å²) in [6.07, 6.45) is 0. The Morgan fingerprint density at radius 1 is 1.07 bits per heavy atom. The zero-order valence-electron chi connectivity index (χ0n) is 17.5. The van der Waals surface area contributed by atoms with Gasteiger partial charge in [-0.1, -0.05) is 48.5 Å². The molecule has 0 spiro atoms. The van der Waals surface area contributed by atoms with E-state index in [-0.39, 0.29) is 36.1 Å². The van der Waals surface area contributed by atoms with Crippen LogP contribution in [0.15, 0.2) is 59.6 Å². The maximum absolute atomic E-state index is 5.55. The first-order chi connectivity index (χ1) is 13.1. The molecule has 6 heteroatoms. The molecule has 0 heterocycles. The van der Waals surface area contributed by atoms with Crippen LogP contribution in [0.4, 0.5) is 0 Å². The lowest BCUT2D eigenvalue weighted by Gasteiger charge is -2.25. The van der Waals surface area contributed by atoms with Crippen molar-refractivity contribution >= 4 is 29.9 Å². The summed E-state index contributed by atoms with van der Waals surface area (Å²) in [4.78, 5) is 7.02. The molecule has 0 aliphatic heterocycles. The number of halogens is 1. The van der Waals surface area contributed by atoms with Crippen molar-refractivity contribution in [3.05, 3.63) is 65.7 Å². The molecule has 2 rings (SSSR count). The molecule has 0 fully saturated rings. The van der Waals surface area contributed by atoms with E-state index in [4.69, 9.17) is 9.73 Å². The number of guanidine groups is 1. The molecule has 0 saturated carbocycles. The van der Waals surface area contributed by atoms with Crippen molar-refractivity contribution in [1.82, 2.24) is 15.5 Å². The van der Waals surface area contributed by atoms with Crippen LogP contribution in [0.1, 0.15) is 37.1 Å². The fourth-order valence-corrected chi connectivity index (χ4v) is 3.01. The van der Waals surface area contributed by atoms with Crippen molar-refractivity contribution in [3.63, 3.8) is 0 Å². The average molecular weight is 496 g/mol. The van der Waals surface area contributed by atoms with Crippen LogP contribution in [-0.2, 0) is 0 Å². The highest BCUT2D eigenvalue weighted by molar-refractivity contribution is 14.0. The summed E-state index contributed by atoms with van der Waals surface area (Å²) in [7, 11) is 5.85. The third-order valence-corrected chi connectivity index (χ3v) is 4.54. The van der Waals surface area contributed by atoms with Crippen LogP contribution in [0, 0.1) is 0 Å². The van der Waals surface area contributed by atoms with Gasteiger partial charge in [0.05, 0.1) is 25.7 Å². The molecule has 5 nitrogen and oxygen atoms in total. The number of nitrogens with one attached hydrogen (secondary N) is 2. The molecule has 2 atom stereocenters. The summed E-state index contributed by atoms with van der Waals surface area (Å²) >= 11 is 0. The lowest BCUT2D eigenvalue weighted by molar-refractivity contribution is 0.295. The Morgan fingerprint density at radius 2 is 1.71 bits per heavy atom. The van der Waals surface area contributed by atoms with Crippen molar-refractivity contribution in [3.8, 4) is 5.75 Å². The van der Waals surface area contributed by atoms with E-state index in [9.17, 15) is 0 Å². The van der Waals surface area contributed by atoms with E-state index in [0.29, 0.717) is 6.54 Å². The van der Waals surface area contributed by atoms with Gasteiger partial charge in [-0.3, -0.25) is 4.99 Å². The van der Waals surface area contributed by atoms with Gasteiger partial charge >= 0.3 is 0 Å². The fourth-order valence-electron chi connectivity index (χ4n) is 3.01. The highest BCUT2D eigenvalue weighted by Gasteiger charge is 2.18. The third-order valence-electron chi connectivity index (χ3n) is 4.54. The van der Waals surface area contributed by atoms with Crippen LogP contribution in [-0.4, -0.2) is 45.2 Å². The van der Waals surface area contributed by atoms with Gasteiger partial charge in [0.25, 0.3) is 0 Å². The van der Waals surface area contributed by atoms with Crippen molar-refractivity contribution in [1.29, 1.82) is 0 Å². The van der Waals surface area contributed by atoms with E-state index < -0.39 is 0 Å². The molecule has 0 radical (unpaired) electrons. The minimum absolute atomic E-state index is 0. The molecule has 2 N–H and O–H groups in total. The second kappa shape index (κ2) is 12.6. The van der Waals surface area contributed by atoms with Gasteiger partial charge in [-0.15, -0.1) is 24.0 Å². The van der Waals surface area contributed by atoms with Gasteiger partial charge in [0.1, 0.15) is 5.75 Å². The van der Waals surface area contributed by atoms with E-state index in [1.165, 1.54) is 5.56 Å². The summed E-state index contributed by atoms with van der Waals surface area (Å²) in [6, 6.07) is 18.8. The Labute approximate surface area is 186 Å². The lowest BCUT2D eigenvalue weighted by Crippen LogP contribution is -2.39. The van der Waals surface area contributed by atoms with E-state index >= 15 is 0 Å². The molecular formula is C22H33IN4O. The number of rotatable bonds is 8. The monoisotopic (exact) mass is 496 g/mol. The number of likely N-dealkylation sites (N-methyl/N-ethyl adjacent to an activating group) is 1. The summed E-state index contributed by atoms with van der Waals surface area (Å²) in [5.74, 6) is 1.71. The Morgan fingerprint density at radius 3 is 2.32 bits per heavy atom. The summed E-state index contributed by atoms with van der Waals surface area (Å²) in [5.41, 5.74) is 2.37. The summed E-state index contributed by atoms with van der Waals surface area (Å²) in [5, 5.41) is 6.84. The van der Waals surface area contributed by atoms with Gasteiger partial charge in [0.2, 0.25) is 0 Å². The molecule has 2 unspecified atom stereocenters. The number of aliphatic imine (C=N–C) groups is 1. The van der Waals surface area contributed by atoms with Gasteiger partial charge < -0.3 is 20.3 Å². The number of ether oxygens (including phenoxy) is 1. The van der Waals surface area contributed by atoms with Crippen molar-refractivity contribution in [2.45, 2.75) is 25.9 Å². The molecule has 2 aromatic rings. The number of hydrogen-bond donors (Lipinski definition) is 2. The number of para-hydroxylation sites is 1. The second-order valence-corrected chi connectivity index (χ2v) is 6.72. The normalized spacial score (nSPS) is 13.4. The lowest BCUT2D eigenvalue weighted by atomic mass is 10.0. The van der Waals surface area contributed by atoms with E-state index in [2.05, 4.69) is 73.8 Å². The van der Waals surface area contributed by atoms with Crippen LogP contribution >= 0.6 is 24.0 Å². The molecule has 0 bridgehead atoms. The first-order valence-electron chi connectivity index (χ1n) is 9.46. The van der Waals surface area contributed by atoms with E-state index in [0.717, 1.165) is 23.8 Å². The molecule has 0 saturated heterocycles. The Bertz CT molecular complexity index is 721. The SMILES string of the molecule is CCNC(=NCC(c1ccccc1OC)N(C)C)NC(C)c1ccccc1.I. The molecular weight excluding hydrogens is 463 g/mol. The predicted octanol–water partition coefficient (Wildman–Crippen LogP) is 4.23. The summed E-state index contributed by atoms with van der Waals surface area (Å²) in [6.45, 7) is 5.67. The highest BCUT2D eigenvalue weighted by Crippen LogP contribution is 2.28. The molecule has 0 amide bonds. The summed E-state index contributed by atoms with van der Waals surface area (Å²) < 4.78 is 5.55. The van der Waals surface area contributed by atoms with E-state index in [1.807, 2.05) is 24.3 Å². The number of hydrogen-bond acceptors (Lipinski definition) is 3. The maximum atomic E-state index is 5.55. The first-order valence-corrected chi connectivity index (χ1v) is 9.46. The van der Waals surface area contributed by atoms with Gasteiger partial charge in [0.15, 0.2) is 5.96 Å². The van der Waals surface area contributed by atoms with Crippen LogP contribution in [0.2, 0.25) is 0 Å². The van der Waals surface area contributed by atoms with Crippen LogP contribution in [0.3, 0.4) is 0 Å². The number of methoxy groups -OCH3 is 1. The van der Waals surface area contributed by atoms with E-state index in [1.54, 1.807) is 7.11 Å². The predicted molar refractivity (Wildman–Crippen MR) is 129 cm³/mol. The molecule has 2 aromatic carbocycles. The topological polar surface area (TPSA) is 48.9 Å². The molecule has 0 aromatic heterocycles.